The first-order valence-electron chi connectivity index (χ1n) is 9.27. The van der Waals surface area contributed by atoms with Crippen molar-refractivity contribution in [3.05, 3.63) is 40.3 Å². The highest BCUT2D eigenvalue weighted by Gasteiger charge is 2.46. The van der Waals surface area contributed by atoms with Crippen LogP contribution in [-0.4, -0.2) is 38.5 Å². The first-order chi connectivity index (χ1) is 13.4. The van der Waals surface area contributed by atoms with Gasteiger partial charge in [0.1, 0.15) is 6.04 Å². The summed E-state index contributed by atoms with van der Waals surface area (Å²) in [6.07, 6.45) is 4.66. The molecule has 0 bridgehead atoms. The quantitative estimate of drug-likeness (QED) is 0.698. The third-order valence-electron chi connectivity index (χ3n) is 5.12. The SMILES string of the molecule is CCc1sc(C(=O)N[C@@H]2[C@H](N)CCCC2(F)F)cc1-c1cnc2cccnn12. The van der Waals surface area contributed by atoms with E-state index in [1.165, 1.54) is 11.3 Å². The van der Waals surface area contributed by atoms with Crippen molar-refractivity contribution in [3.8, 4) is 11.3 Å². The lowest BCUT2D eigenvalue weighted by Crippen LogP contribution is -2.59. The van der Waals surface area contributed by atoms with Gasteiger partial charge in [-0.1, -0.05) is 6.92 Å². The Morgan fingerprint density at radius 2 is 2.32 bits per heavy atom. The summed E-state index contributed by atoms with van der Waals surface area (Å²) >= 11 is 1.30. The number of fused-ring (bicyclic) bond motifs is 1. The van der Waals surface area contributed by atoms with Gasteiger partial charge in [0.15, 0.2) is 5.65 Å². The predicted molar refractivity (Wildman–Crippen MR) is 104 cm³/mol. The molecule has 3 aromatic rings. The maximum absolute atomic E-state index is 14.2. The number of halogens is 2. The minimum absolute atomic E-state index is 0.255. The van der Waals surface area contributed by atoms with Crippen molar-refractivity contribution in [1.29, 1.82) is 0 Å². The molecule has 4 rings (SSSR count). The highest BCUT2D eigenvalue weighted by Crippen LogP contribution is 2.35. The fourth-order valence-corrected chi connectivity index (χ4v) is 4.68. The number of rotatable bonds is 4. The van der Waals surface area contributed by atoms with Crippen LogP contribution in [0.1, 0.15) is 40.7 Å². The molecule has 9 heteroatoms. The normalized spacial score (nSPS) is 21.7. The van der Waals surface area contributed by atoms with Gasteiger partial charge in [-0.2, -0.15) is 5.10 Å². The Morgan fingerprint density at radius 3 is 3.07 bits per heavy atom. The van der Waals surface area contributed by atoms with Gasteiger partial charge in [0.25, 0.3) is 11.8 Å². The Bertz CT molecular complexity index is 1010. The second kappa shape index (κ2) is 7.21. The second-order valence-electron chi connectivity index (χ2n) is 7.01. The molecule has 1 fully saturated rings. The Kier molecular flexibility index (Phi) is 4.88. The van der Waals surface area contributed by atoms with Gasteiger partial charge >= 0.3 is 0 Å². The lowest BCUT2D eigenvalue weighted by Gasteiger charge is -2.36. The van der Waals surface area contributed by atoms with Gasteiger partial charge in [0.05, 0.1) is 16.8 Å². The molecule has 0 saturated heterocycles. The molecule has 0 spiro atoms. The monoisotopic (exact) mass is 405 g/mol. The molecule has 148 valence electrons. The number of nitrogens with zero attached hydrogens (tertiary/aromatic N) is 3. The highest BCUT2D eigenvalue weighted by molar-refractivity contribution is 7.14. The van der Waals surface area contributed by atoms with Crippen molar-refractivity contribution in [2.75, 3.05) is 0 Å². The number of aromatic nitrogens is 3. The van der Waals surface area contributed by atoms with Crippen LogP contribution in [-0.2, 0) is 6.42 Å². The predicted octanol–water partition coefficient (Wildman–Crippen LogP) is 3.27. The number of aryl methyl sites for hydroxylation is 1. The summed E-state index contributed by atoms with van der Waals surface area (Å²) in [4.78, 5) is 18.4. The summed E-state index contributed by atoms with van der Waals surface area (Å²) in [6, 6.07) is 3.27. The standard InChI is InChI=1S/C19H21F2N5OS/c1-2-14-11(13-10-23-16-6-4-8-24-26(13)16)9-15(28-14)18(27)25-17-12(22)5-3-7-19(17,20)21/h4,6,8-10,12,17H,2-3,5,7,22H2,1H3,(H,25,27)/t12-,17-/m1/s1. The molecule has 0 radical (unpaired) electrons. The molecule has 28 heavy (non-hydrogen) atoms. The Labute approximate surface area is 164 Å². The van der Waals surface area contributed by atoms with Crippen LogP contribution >= 0.6 is 11.3 Å². The topological polar surface area (TPSA) is 85.3 Å². The van der Waals surface area contributed by atoms with E-state index >= 15 is 0 Å². The molecule has 0 aromatic carbocycles. The van der Waals surface area contributed by atoms with Gasteiger partial charge < -0.3 is 11.1 Å². The number of hydrogen-bond donors (Lipinski definition) is 2. The maximum Gasteiger partial charge on any atom is 0.269 e. The summed E-state index contributed by atoms with van der Waals surface area (Å²) in [7, 11) is 0. The van der Waals surface area contributed by atoms with Crippen LogP contribution in [0.4, 0.5) is 8.78 Å². The van der Waals surface area contributed by atoms with E-state index in [0.717, 1.165) is 16.1 Å². The maximum atomic E-state index is 14.2. The Hall–Kier alpha value is -2.39. The number of carbonyl (C=O) groups is 1. The first kappa shape index (κ1) is 18.9. The highest BCUT2D eigenvalue weighted by atomic mass is 32.1. The van der Waals surface area contributed by atoms with E-state index < -0.39 is 23.9 Å². The molecule has 1 aliphatic rings. The number of alkyl halides is 2. The van der Waals surface area contributed by atoms with E-state index in [4.69, 9.17) is 5.73 Å². The van der Waals surface area contributed by atoms with Crippen molar-refractivity contribution in [1.82, 2.24) is 19.9 Å². The average molecular weight is 405 g/mol. The van der Waals surface area contributed by atoms with Gasteiger partial charge in [0, 0.05) is 29.1 Å². The fourth-order valence-electron chi connectivity index (χ4n) is 3.67. The summed E-state index contributed by atoms with van der Waals surface area (Å²) in [6.45, 7) is 1.98. The Balaban J connectivity index is 1.65. The van der Waals surface area contributed by atoms with Crippen LogP contribution in [0.2, 0.25) is 0 Å². The molecule has 3 heterocycles. The van der Waals surface area contributed by atoms with E-state index in [0.29, 0.717) is 29.8 Å². The number of thiophene rings is 1. The van der Waals surface area contributed by atoms with Crippen molar-refractivity contribution < 1.29 is 13.6 Å². The van der Waals surface area contributed by atoms with Crippen LogP contribution in [0.15, 0.2) is 30.6 Å². The minimum atomic E-state index is -2.99. The van der Waals surface area contributed by atoms with E-state index in [-0.39, 0.29) is 6.42 Å². The molecule has 0 unspecified atom stereocenters. The van der Waals surface area contributed by atoms with Gasteiger partial charge in [-0.25, -0.2) is 18.3 Å². The van der Waals surface area contributed by atoms with Gasteiger partial charge in [-0.15, -0.1) is 11.3 Å². The molecular formula is C19H21F2N5OS. The summed E-state index contributed by atoms with van der Waals surface area (Å²) in [5.74, 6) is -3.51. The zero-order valence-electron chi connectivity index (χ0n) is 15.4. The van der Waals surface area contributed by atoms with Crippen LogP contribution < -0.4 is 11.1 Å². The van der Waals surface area contributed by atoms with Crippen molar-refractivity contribution in [2.24, 2.45) is 5.73 Å². The molecule has 3 aromatic heterocycles. The molecule has 1 aliphatic carbocycles. The number of carbonyl (C=O) groups excluding carboxylic acids is 1. The third-order valence-corrected chi connectivity index (χ3v) is 6.40. The Morgan fingerprint density at radius 1 is 1.50 bits per heavy atom. The first-order valence-corrected chi connectivity index (χ1v) is 10.1. The van der Waals surface area contributed by atoms with Crippen molar-refractivity contribution >= 4 is 22.9 Å². The van der Waals surface area contributed by atoms with E-state index in [9.17, 15) is 13.6 Å². The lowest BCUT2D eigenvalue weighted by atomic mass is 9.87. The van der Waals surface area contributed by atoms with E-state index in [1.807, 2.05) is 13.0 Å². The summed E-state index contributed by atoms with van der Waals surface area (Å²) in [5, 5.41) is 6.79. The number of hydrogen-bond acceptors (Lipinski definition) is 5. The number of amides is 1. The van der Waals surface area contributed by atoms with Crippen molar-refractivity contribution in [2.45, 2.75) is 50.6 Å². The molecule has 1 saturated carbocycles. The zero-order valence-corrected chi connectivity index (χ0v) is 16.2. The molecule has 2 atom stereocenters. The molecule has 6 nitrogen and oxygen atoms in total. The van der Waals surface area contributed by atoms with Crippen LogP contribution in [0.25, 0.3) is 16.9 Å². The zero-order chi connectivity index (χ0) is 19.9. The van der Waals surface area contributed by atoms with E-state index in [1.54, 1.807) is 29.0 Å². The van der Waals surface area contributed by atoms with Crippen LogP contribution in [0.3, 0.4) is 0 Å². The minimum Gasteiger partial charge on any atom is -0.341 e. The number of imidazole rings is 1. The van der Waals surface area contributed by atoms with Crippen LogP contribution in [0, 0.1) is 0 Å². The summed E-state index contributed by atoms with van der Waals surface area (Å²) in [5.41, 5.74) is 8.17. The summed E-state index contributed by atoms with van der Waals surface area (Å²) < 4.78 is 30.2. The van der Waals surface area contributed by atoms with Gasteiger partial charge in [-0.05, 0) is 37.5 Å². The van der Waals surface area contributed by atoms with Crippen molar-refractivity contribution in [3.63, 3.8) is 0 Å². The third kappa shape index (κ3) is 3.29. The molecule has 0 aliphatic heterocycles. The molecule has 1 amide bonds. The van der Waals surface area contributed by atoms with Gasteiger partial charge in [-0.3, -0.25) is 4.79 Å². The number of nitrogens with one attached hydrogen (secondary N) is 1. The largest absolute Gasteiger partial charge is 0.341 e. The smallest absolute Gasteiger partial charge is 0.269 e. The van der Waals surface area contributed by atoms with E-state index in [2.05, 4.69) is 15.4 Å². The van der Waals surface area contributed by atoms with Crippen LogP contribution in [0.5, 0.6) is 0 Å². The van der Waals surface area contributed by atoms with Gasteiger partial charge in [0.2, 0.25) is 0 Å². The number of nitrogens with two attached hydrogens (primary N) is 1. The molecular weight excluding hydrogens is 384 g/mol. The average Bonchev–Trinajstić information content (AvgIpc) is 3.28. The second-order valence-corrected chi connectivity index (χ2v) is 8.14. The molecule has 3 N–H and O–H groups in total. The fraction of sp³-hybridized carbons (Fsp3) is 0.421. The lowest BCUT2D eigenvalue weighted by molar-refractivity contribution is -0.0674.